The van der Waals surface area contributed by atoms with Crippen LogP contribution in [0.15, 0.2) is 43.0 Å². The SMILES string of the molecule is COc1ccc2c(n1)C(C)(C)N(c1cncc(N3CC4(CN(C(=O)c5cnn(C)c5)C4)C3)c1)C2=O. The highest BCUT2D eigenvalue weighted by Crippen LogP contribution is 2.45. The summed E-state index contributed by atoms with van der Waals surface area (Å²) >= 11 is 0. The first kappa shape index (κ1) is 21.6. The number of carbonyl (C=O) groups excluding carboxylic acids is 2. The molecule has 0 N–H and O–H groups in total. The van der Waals surface area contributed by atoms with Crippen LogP contribution >= 0.6 is 0 Å². The first-order valence-electron chi connectivity index (χ1n) is 11.6. The lowest BCUT2D eigenvalue weighted by molar-refractivity contribution is -0.0105. The summed E-state index contributed by atoms with van der Waals surface area (Å²) in [6.07, 6.45) is 6.92. The lowest BCUT2D eigenvalue weighted by Crippen LogP contribution is -2.73. The van der Waals surface area contributed by atoms with Crippen molar-refractivity contribution in [2.24, 2.45) is 12.5 Å². The largest absolute Gasteiger partial charge is 0.481 e. The molecular formula is C25H27N7O3. The first-order chi connectivity index (χ1) is 16.7. The number of likely N-dealkylation sites (tertiary alicyclic amines) is 1. The minimum atomic E-state index is -0.640. The molecule has 3 aliphatic rings. The number of ether oxygens (including phenoxy) is 1. The van der Waals surface area contributed by atoms with Gasteiger partial charge in [0.15, 0.2) is 0 Å². The van der Waals surface area contributed by atoms with E-state index in [2.05, 4.69) is 20.0 Å². The van der Waals surface area contributed by atoms with Crippen LogP contribution in [0, 0.1) is 5.41 Å². The summed E-state index contributed by atoms with van der Waals surface area (Å²) in [5.74, 6) is 0.425. The molecule has 0 radical (unpaired) electrons. The molecule has 1 spiro atoms. The highest BCUT2D eigenvalue weighted by atomic mass is 16.5. The average Bonchev–Trinajstić information content (AvgIpc) is 3.30. The lowest BCUT2D eigenvalue weighted by atomic mass is 9.72. The number of aryl methyl sites for hydroxylation is 1. The lowest BCUT2D eigenvalue weighted by Gasteiger charge is -2.60. The molecule has 3 aliphatic heterocycles. The van der Waals surface area contributed by atoms with Gasteiger partial charge < -0.3 is 14.5 Å². The average molecular weight is 474 g/mol. The Hall–Kier alpha value is -3.95. The van der Waals surface area contributed by atoms with Gasteiger partial charge in [-0.3, -0.25) is 24.2 Å². The maximum atomic E-state index is 13.3. The van der Waals surface area contributed by atoms with Gasteiger partial charge in [0.05, 0.1) is 59.4 Å². The minimum absolute atomic E-state index is 0.0328. The summed E-state index contributed by atoms with van der Waals surface area (Å²) in [6, 6.07) is 5.50. The third-order valence-electron chi connectivity index (χ3n) is 7.33. The number of hydrogen-bond donors (Lipinski definition) is 0. The van der Waals surface area contributed by atoms with Crippen LogP contribution in [-0.4, -0.2) is 69.8 Å². The van der Waals surface area contributed by atoms with Crippen molar-refractivity contribution in [3.05, 3.63) is 59.8 Å². The monoisotopic (exact) mass is 473 g/mol. The van der Waals surface area contributed by atoms with Crippen LogP contribution in [-0.2, 0) is 12.6 Å². The Labute approximate surface area is 203 Å². The van der Waals surface area contributed by atoms with Crippen LogP contribution in [0.3, 0.4) is 0 Å². The number of fused-ring (bicyclic) bond motifs is 1. The van der Waals surface area contributed by atoms with E-state index in [9.17, 15) is 9.59 Å². The zero-order valence-corrected chi connectivity index (χ0v) is 20.2. The molecule has 3 aromatic rings. The number of amides is 2. The number of rotatable bonds is 4. The Morgan fingerprint density at radius 3 is 2.49 bits per heavy atom. The van der Waals surface area contributed by atoms with Crippen molar-refractivity contribution >= 4 is 23.2 Å². The summed E-state index contributed by atoms with van der Waals surface area (Å²) < 4.78 is 6.92. The number of aromatic nitrogens is 4. The summed E-state index contributed by atoms with van der Waals surface area (Å²) in [5, 5.41) is 4.09. The zero-order chi connectivity index (χ0) is 24.5. The van der Waals surface area contributed by atoms with Gasteiger partial charge in [-0.15, -0.1) is 0 Å². The number of carbonyl (C=O) groups is 2. The van der Waals surface area contributed by atoms with Crippen LogP contribution in [0.25, 0.3) is 0 Å². The quantitative estimate of drug-likeness (QED) is 0.572. The van der Waals surface area contributed by atoms with Gasteiger partial charge in [0.25, 0.3) is 11.8 Å². The van der Waals surface area contributed by atoms with Crippen LogP contribution in [0.1, 0.15) is 40.3 Å². The maximum absolute atomic E-state index is 13.3. The molecule has 35 heavy (non-hydrogen) atoms. The molecule has 2 amide bonds. The fourth-order valence-electron chi connectivity index (χ4n) is 5.59. The molecule has 0 atom stereocenters. The number of anilines is 2. The number of methoxy groups -OCH3 is 1. The highest BCUT2D eigenvalue weighted by Gasteiger charge is 2.53. The second-order valence-corrected chi connectivity index (χ2v) is 10.3. The van der Waals surface area contributed by atoms with E-state index in [0.29, 0.717) is 22.7 Å². The molecule has 0 aromatic carbocycles. The molecule has 6 heterocycles. The molecule has 10 nitrogen and oxygen atoms in total. The van der Waals surface area contributed by atoms with E-state index in [4.69, 9.17) is 4.74 Å². The molecule has 3 aromatic heterocycles. The highest BCUT2D eigenvalue weighted by molar-refractivity contribution is 6.11. The van der Waals surface area contributed by atoms with E-state index in [1.54, 1.807) is 47.4 Å². The van der Waals surface area contributed by atoms with E-state index in [-0.39, 0.29) is 17.2 Å². The van der Waals surface area contributed by atoms with E-state index >= 15 is 0 Å². The summed E-state index contributed by atoms with van der Waals surface area (Å²) in [5.41, 5.74) is 3.08. The van der Waals surface area contributed by atoms with Crippen molar-refractivity contribution in [1.29, 1.82) is 0 Å². The molecule has 2 saturated heterocycles. The van der Waals surface area contributed by atoms with Gasteiger partial charge in [0, 0.05) is 50.9 Å². The van der Waals surface area contributed by atoms with E-state index in [0.717, 1.165) is 37.6 Å². The van der Waals surface area contributed by atoms with E-state index < -0.39 is 5.54 Å². The fourth-order valence-corrected chi connectivity index (χ4v) is 5.59. The van der Waals surface area contributed by atoms with Crippen LogP contribution in [0.5, 0.6) is 5.88 Å². The van der Waals surface area contributed by atoms with Crippen LogP contribution in [0.2, 0.25) is 0 Å². The molecule has 10 heteroatoms. The molecular weight excluding hydrogens is 446 g/mol. The van der Waals surface area contributed by atoms with Crippen molar-refractivity contribution in [1.82, 2.24) is 24.6 Å². The predicted octanol–water partition coefficient (Wildman–Crippen LogP) is 2.08. The number of hydrogen-bond acceptors (Lipinski definition) is 7. The number of pyridine rings is 2. The molecule has 0 saturated carbocycles. The maximum Gasteiger partial charge on any atom is 0.261 e. The van der Waals surface area contributed by atoms with Crippen molar-refractivity contribution in [2.45, 2.75) is 19.4 Å². The standard InChI is InChI=1S/C25H27N7O3/c1-24(2)21-19(5-6-20(28-21)35-4)23(34)32(24)18-7-17(9-26-10-18)30-12-25(13-30)14-31(15-25)22(33)16-8-27-29(3)11-16/h5-11H,12-15H2,1-4H3. The Bertz CT molecular complexity index is 1350. The zero-order valence-electron chi connectivity index (χ0n) is 20.2. The third-order valence-corrected chi connectivity index (χ3v) is 7.33. The molecule has 2 fully saturated rings. The predicted molar refractivity (Wildman–Crippen MR) is 129 cm³/mol. The van der Waals surface area contributed by atoms with Crippen molar-refractivity contribution in [3.63, 3.8) is 0 Å². The Kier molecular flexibility index (Phi) is 4.48. The number of nitrogens with zero attached hydrogens (tertiary/aromatic N) is 7. The molecule has 0 unspecified atom stereocenters. The first-order valence-corrected chi connectivity index (χ1v) is 11.6. The van der Waals surface area contributed by atoms with Crippen molar-refractivity contribution < 1.29 is 14.3 Å². The van der Waals surface area contributed by atoms with Gasteiger partial charge in [-0.2, -0.15) is 5.10 Å². The van der Waals surface area contributed by atoms with E-state index in [1.807, 2.05) is 38.1 Å². The molecule has 0 bridgehead atoms. The molecule has 6 rings (SSSR count). The normalized spacial score (nSPS) is 19.4. The van der Waals surface area contributed by atoms with Crippen LogP contribution in [0.4, 0.5) is 11.4 Å². The van der Waals surface area contributed by atoms with E-state index in [1.165, 1.54) is 0 Å². The second kappa shape index (κ2) is 7.27. The topological polar surface area (TPSA) is 96.7 Å². The smallest absolute Gasteiger partial charge is 0.261 e. The third kappa shape index (κ3) is 3.19. The Balaban J connectivity index is 1.16. The van der Waals surface area contributed by atoms with Crippen molar-refractivity contribution in [2.75, 3.05) is 43.1 Å². The Morgan fingerprint density at radius 2 is 1.80 bits per heavy atom. The summed E-state index contributed by atoms with van der Waals surface area (Å²) in [4.78, 5) is 40.9. The summed E-state index contributed by atoms with van der Waals surface area (Å²) in [7, 11) is 3.38. The van der Waals surface area contributed by atoms with Crippen molar-refractivity contribution in [3.8, 4) is 5.88 Å². The molecule has 0 aliphatic carbocycles. The Morgan fingerprint density at radius 1 is 1.06 bits per heavy atom. The van der Waals surface area contributed by atoms with Gasteiger partial charge in [-0.1, -0.05) is 0 Å². The molecule has 180 valence electrons. The summed E-state index contributed by atoms with van der Waals surface area (Å²) in [6.45, 7) is 7.15. The van der Waals surface area contributed by atoms with Gasteiger partial charge in [0.2, 0.25) is 5.88 Å². The van der Waals surface area contributed by atoms with Crippen LogP contribution < -0.4 is 14.5 Å². The minimum Gasteiger partial charge on any atom is -0.481 e. The van der Waals surface area contributed by atoms with Gasteiger partial charge in [-0.25, -0.2) is 4.98 Å². The second-order valence-electron chi connectivity index (χ2n) is 10.3. The van der Waals surface area contributed by atoms with Gasteiger partial charge >= 0.3 is 0 Å². The van der Waals surface area contributed by atoms with Gasteiger partial charge in [0.1, 0.15) is 0 Å². The van der Waals surface area contributed by atoms with Gasteiger partial charge in [-0.05, 0) is 26.0 Å². The fraction of sp³-hybridized carbons (Fsp3) is 0.400.